The number of rotatable bonds is 0. The number of nitriles is 4. The van der Waals surface area contributed by atoms with Crippen LogP contribution in [0.25, 0.3) is 55.0 Å². The largest absolute Gasteiger partial charge is 0.452 e. The minimum atomic E-state index is -1.34. The molecule has 0 bridgehead atoms. The molecule has 0 aliphatic carbocycles. The standard InChI is InChI=1S/C24H8F3N4O2P3/c25-17-11(34)1-9-15-13(7(3-28)4-29)23-16(10-2-12(35)24(36)19(27)21(10)33-23)14(8(5-30)6-31)22(15)32-20(9)18(17)26/h1-2H,34-36H2. The molecular formula is C24H8F3N4O2P3. The van der Waals surface area contributed by atoms with E-state index in [1.54, 1.807) is 24.3 Å². The number of halogens is 3. The summed E-state index contributed by atoms with van der Waals surface area (Å²) in [4.78, 5) is 0. The summed E-state index contributed by atoms with van der Waals surface area (Å²) < 4.78 is 56.1. The van der Waals surface area contributed by atoms with Crippen molar-refractivity contribution in [1.29, 1.82) is 21.0 Å². The van der Waals surface area contributed by atoms with E-state index in [9.17, 15) is 29.8 Å². The van der Waals surface area contributed by atoms with Gasteiger partial charge in [-0.3, -0.25) is 0 Å². The third kappa shape index (κ3) is 2.99. The van der Waals surface area contributed by atoms with E-state index in [1.165, 1.54) is 12.1 Å². The lowest BCUT2D eigenvalue weighted by molar-refractivity contribution is 0.503. The first-order valence-corrected chi connectivity index (χ1v) is 11.5. The Hall–Kier alpha value is -3.96. The van der Waals surface area contributed by atoms with E-state index in [0.717, 1.165) is 0 Å². The van der Waals surface area contributed by atoms with E-state index < -0.39 is 34.2 Å². The molecule has 0 aliphatic rings. The Balaban J connectivity index is 2.38. The van der Waals surface area contributed by atoms with Gasteiger partial charge < -0.3 is 8.83 Å². The fraction of sp³-hybridized carbons (Fsp3) is 0. The van der Waals surface area contributed by atoms with Crippen LogP contribution in [0.15, 0.2) is 21.0 Å². The van der Waals surface area contributed by atoms with E-state index in [2.05, 4.69) is 18.5 Å². The third-order valence-electron chi connectivity index (χ3n) is 5.78. The Morgan fingerprint density at radius 2 is 1.03 bits per heavy atom. The van der Waals surface area contributed by atoms with Crippen molar-refractivity contribution in [2.24, 2.45) is 0 Å². The van der Waals surface area contributed by atoms with Crippen molar-refractivity contribution in [1.82, 2.24) is 0 Å². The number of fused-ring (bicyclic) bond motifs is 6. The summed E-state index contributed by atoms with van der Waals surface area (Å²) in [5.74, 6) is -3.31. The maximum atomic E-state index is 15.2. The molecule has 12 heteroatoms. The molecule has 172 valence electrons. The number of nitrogens with zero attached hydrogens (tertiary/aromatic N) is 4. The maximum Gasteiger partial charge on any atom is 0.202 e. The Morgan fingerprint density at radius 3 is 1.47 bits per heavy atom. The first-order chi connectivity index (χ1) is 17.2. The number of furan rings is 2. The van der Waals surface area contributed by atoms with E-state index in [0.29, 0.717) is 5.30 Å². The van der Waals surface area contributed by atoms with Gasteiger partial charge in [-0.25, -0.2) is 8.78 Å². The fourth-order valence-corrected chi connectivity index (χ4v) is 5.04. The van der Waals surface area contributed by atoms with Crippen LogP contribution in [0, 0.1) is 62.8 Å². The van der Waals surface area contributed by atoms with Gasteiger partial charge in [0.25, 0.3) is 0 Å². The summed E-state index contributed by atoms with van der Waals surface area (Å²) in [6, 6.07) is 9.73. The van der Waals surface area contributed by atoms with Gasteiger partial charge in [-0.1, -0.05) is 0 Å². The SMILES string of the molecule is N#CC(C#N)=c1c2oc3c(F)c(P)c(P)cc3c2c(=C(C#N)C#N)c2oc3c(F)c(F)c(P)cc3c12. The number of hydrogen-bond acceptors (Lipinski definition) is 6. The van der Waals surface area contributed by atoms with Gasteiger partial charge in [0.1, 0.15) is 46.6 Å². The van der Waals surface area contributed by atoms with Gasteiger partial charge in [-0.05, 0) is 17.4 Å². The molecule has 3 unspecified atom stereocenters. The molecule has 0 N–H and O–H groups in total. The first kappa shape index (κ1) is 23.8. The second-order valence-electron chi connectivity index (χ2n) is 7.60. The summed E-state index contributed by atoms with van der Waals surface area (Å²) in [5, 5.41) is 39.1. The van der Waals surface area contributed by atoms with Gasteiger partial charge in [0, 0.05) is 32.2 Å². The summed E-state index contributed by atoms with van der Waals surface area (Å²) in [5.41, 5.74) is -2.22. The zero-order valence-corrected chi connectivity index (χ0v) is 21.1. The summed E-state index contributed by atoms with van der Waals surface area (Å²) in [7, 11) is 6.61. The Kier molecular flexibility index (Phi) is 5.49. The Bertz CT molecular complexity index is 1980. The van der Waals surface area contributed by atoms with Crippen molar-refractivity contribution in [3.05, 3.63) is 40.0 Å². The molecule has 0 aliphatic heterocycles. The molecule has 6 nitrogen and oxygen atoms in total. The maximum absolute atomic E-state index is 15.2. The topological polar surface area (TPSA) is 121 Å². The number of benzene rings is 3. The molecule has 0 amide bonds. The lowest BCUT2D eigenvalue weighted by Gasteiger charge is -2.02. The molecule has 0 fully saturated rings. The number of hydrogen-bond donors (Lipinski definition) is 0. The first-order valence-electron chi connectivity index (χ1n) is 9.80. The molecule has 2 aromatic heterocycles. The predicted molar refractivity (Wildman–Crippen MR) is 137 cm³/mol. The Morgan fingerprint density at radius 1 is 0.611 bits per heavy atom. The minimum absolute atomic E-state index is 0.00670. The average Bonchev–Trinajstić information content (AvgIpc) is 3.42. The quantitative estimate of drug-likeness (QED) is 0.282. The molecule has 5 aromatic rings. The monoisotopic (exact) mass is 534 g/mol. The van der Waals surface area contributed by atoms with Crippen molar-refractivity contribution in [2.45, 2.75) is 0 Å². The van der Waals surface area contributed by atoms with Gasteiger partial charge in [0.15, 0.2) is 22.8 Å². The summed E-state index contributed by atoms with van der Waals surface area (Å²) >= 11 is 0. The van der Waals surface area contributed by atoms with Crippen LogP contribution >= 0.6 is 27.7 Å². The lowest BCUT2D eigenvalue weighted by atomic mass is 9.98. The minimum Gasteiger partial charge on any atom is -0.452 e. The molecule has 2 heterocycles. The van der Waals surface area contributed by atoms with Crippen LogP contribution in [0.5, 0.6) is 0 Å². The highest BCUT2D eigenvalue weighted by Crippen LogP contribution is 2.34. The summed E-state index contributed by atoms with van der Waals surface area (Å²) in [6.07, 6.45) is 0. The average molecular weight is 534 g/mol. The normalized spacial score (nSPS) is 10.9. The van der Waals surface area contributed by atoms with Crippen molar-refractivity contribution < 1.29 is 22.0 Å². The summed E-state index contributed by atoms with van der Waals surface area (Å²) in [6.45, 7) is 0. The predicted octanol–water partition coefficient (Wildman–Crippen LogP) is 2.80. The Labute approximate surface area is 206 Å². The molecular weight excluding hydrogens is 526 g/mol. The van der Waals surface area contributed by atoms with Gasteiger partial charge in [-0.2, -0.15) is 25.4 Å². The van der Waals surface area contributed by atoms with Crippen LogP contribution in [0.4, 0.5) is 13.2 Å². The molecule has 0 saturated heterocycles. The van der Waals surface area contributed by atoms with Crippen LogP contribution in [-0.2, 0) is 0 Å². The molecule has 0 spiro atoms. The smallest absolute Gasteiger partial charge is 0.202 e. The van der Waals surface area contributed by atoms with E-state index in [1.807, 2.05) is 9.24 Å². The van der Waals surface area contributed by atoms with Gasteiger partial charge >= 0.3 is 0 Å². The lowest BCUT2D eigenvalue weighted by Crippen LogP contribution is -2.17. The zero-order chi connectivity index (χ0) is 26.0. The molecule has 36 heavy (non-hydrogen) atoms. The second kappa shape index (κ2) is 8.32. The second-order valence-corrected chi connectivity index (χ2v) is 9.42. The van der Waals surface area contributed by atoms with Crippen LogP contribution in [-0.4, -0.2) is 0 Å². The van der Waals surface area contributed by atoms with Crippen LogP contribution in [0.3, 0.4) is 0 Å². The van der Waals surface area contributed by atoms with E-state index >= 15 is 4.39 Å². The molecule has 0 radical (unpaired) electrons. The van der Waals surface area contributed by atoms with Crippen LogP contribution < -0.4 is 26.4 Å². The van der Waals surface area contributed by atoms with Crippen LogP contribution in [0.2, 0.25) is 0 Å². The van der Waals surface area contributed by atoms with E-state index in [4.69, 9.17) is 8.83 Å². The molecule has 0 saturated carbocycles. The van der Waals surface area contributed by atoms with Gasteiger partial charge in [0.05, 0.1) is 10.4 Å². The van der Waals surface area contributed by atoms with Gasteiger partial charge in [0.2, 0.25) is 5.82 Å². The van der Waals surface area contributed by atoms with Crippen LogP contribution in [0.1, 0.15) is 0 Å². The van der Waals surface area contributed by atoms with Crippen molar-refractivity contribution >= 4 is 98.7 Å². The highest BCUT2D eigenvalue weighted by atomic mass is 31.0. The third-order valence-corrected chi connectivity index (χ3v) is 7.60. The van der Waals surface area contributed by atoms with E-state index in [-0.39, 0.29) is 59.3 Å². The molecule has 5 rings (SSSR count). The highest BCUT2D eigenvalue weighted by molar-refractivity contribution is 7.36. The van der Waals surface area contributed by atoms with Crippen molar-refractivity contribution in [3.8, 4) is 24.3 Å². The fourth-order valence-electron chi connectivity index (χ4n) is 4.24. The van der Waals surface area contributed by atoms with Crippen molar-refractivity contribution in [3.63, 3.8) is 0 Å². The van der Waals surface area contributed by atoms with Gasteiger partial charge in [-0.15, -0.1) is 27.7 Å². The molecule has 3 atom stereocenters. The zero-order valence-electron chi connectivity index (χ0n) is 17.6. The molecule has 3 aromatic carbocycles. The van der Waals surface area contributed by atoms with Crippen molar-refractivity contribution in [2.75, 3.05) is 0 Å². The highest BCUT2D eigenvalue weighted by Gasteiger charge is 2.27.